The molecule has 3 aliphatic heterocycles. The van der Waals surface area contributed by atoms with Crippen molar-refractivity contribution in [3.8, 4) is 0 Å². The average Bonchev–Trinajstić information content (AvgIpc) is 3.17. The summed E-state index contributed by atoms with van der Waals surface area (Å²) in [6, 6.07) is 10.2. The molecule has 3 aliphatic rings. The Morgan fingerprint density at radius 1 is 1.18 bits per heavy atom. The van der Waals surface area contributed by atoms with Gasteiger partial charge in [-0.2, -0.15) is 0 Å². The van der Waals surface area contributed by atoms with Gasteiger partial charge in [0, 0.05) is 55.9 Å². The van der Waals surface area contributed by atoms with E-state index in [0.29, 0.717) is 22.4 Å². The van der Waals surface area contributed by atoms with Crippen LogP contribution in [0.5, 0.6) is 0 Å². The van der Waals surface area contributed by atoms with E-state index in [9.17, 15) is 14.4 Å². The van der Waals surface area contributed by atoms with Gasteiger partial charge in [0.1, 0.15) is 6.04 Å². The lowest BCUT2D eigenvalue weighted by Crippen LogP contribution is -2.52. The molecule has 0 unspecified atom stereocenters. The van der Waals surface area contributed by atoms with E-state index in [1.54, 1.807) is 18.2 Å². The minimum absolute atomic E-state index is 0.178. The van der Waals surface area contributed by atoms with Gasteiger partial charge in [-0.05, 0) is 42.2 Å². The Morgan fingerprint density at radius 3 is 2.76 bits per heavy atom. The standard InChI is InChI=1S/C26H30N4O4/c1-17-13-18(15-29-9-11-34-12-10-29)5-6-19(17)14-27-22-4-2-3-20-21(22)16-30(26(20)33)23-7-8-24(31)28-25(23)32/h2-6,13,23,27H,7-12,14-16H2,1H3,(H,28,31,32)/t23-/m0/s1/i14D2. The Bertz CT molecular complexity index is 1210. The van der Waals surface area contributed by atoms with Crippen molar-refractivity contribution < 1.29 is 21.9 Å². The number of nitrogens with zero attached hydrogens (tertiary/aromatic N) is 2. The van der Waals surface area contributed by atoms with Crippen molar-refractivity contribution >= 4 is 23.4 Å². The first kappa shape index (κ1) is 20.2. The van der Waals surface area contributed by atoms with Crippen molar-refractivity contribution in [3.05, 3.63) is 64.2 Å². The summed E-state index contributed by atoms with van der Waals surface area (Å²) in [6.07, 6.45) is 0.467. The van der Waals surface area contributed by atoms with Crippen LogP contribution >= 0.6 is 0 Å². The highest BCUT2D eigenvalue weighted by atomic mass is 16.5. The molecule has 0 radical (unpaired) electrons. The lowest BCUT2D eigenvalue weighted by Gasteiger charge is -2.29. The number of hydrogen-bond acceptors (Lipinski definition) is 6. The number of aryl methyl sites for hydroxylation is 1. The molecular weight excluding hydrogens is 432 g/mol. The molecular formula is C26H30N4O4. The van der Waals surface area contributed by atoms with Crippen molar-refractivity contribution in [2.45, 2.75) is 45.4 Å². The molecule has 5 rings (SSSR count). The summed E-state index contributed by atoms with van der Waals surface area (Å²) in [5, 5.41) is 5.32. The zero-order chi connectivity index (χ0) is 25.4. The molecule has 2 aromatic rings. The Kier molecular flexibility index (Phi) is 5.67. The number of ether oxygens (including phenoxy) is 1. The first-order valence-corrected chi connectivity index (χ1v) is 11.7. The topological polar surface area (TPSA) is 91.0 Å². The van der Waals surface area contributed by atoms with Crippen LogP contribution in [0, 0.1) is 6.92 Å². The number of benzene rings is 2. The number of carbonyl (C=O) groups excluding carboxylic acids is 3. The second-order valence-electron chi connectivity index (χ2n) is 9.02. The number of rotatable bonds is 6. The maximum atomic E-state index is 13.1. The van der Waals surface area contributed by atoms with Crippen LogP contribution in [-0.4, -0.2) is 59.9 Å². The molecule has 2 fully saturated rings. The molecule has 2 N–H and O–H groups in total. The van der Waals surface area contributed by atoms with Crippen LogP contribution < -0.4 is 10.6 Å². The third kappa shape index (κ3) is 4.56. The van der Waals surface area contributed by atoms with Crippen LogP contribution in [0.4, 0.5) is 5.69 Å². The minimum atomic E-state index is -1.89. The van der Waals surface area contributed by atoms with Crippen LogP contribution in [0.1, 0.15) is 48.2 Å². The Labute approximate surface area is 202 Å². The quantitative estimate of drug-likeness (QED) is 0.637. The molecule has 34 heavy (non-hydrogen) atoms. The van der Waals surface area contributed by atoms with Gasteiger partial charge in [-0.1, -0.05) is 24.3 Å². The Hall–Kier alpha value is -3.23. The van der Waals surface area contributed by atoms with Crippen LogP contribution in [0.2, 0.25) is 0 Å². The van der Waals surface area contributed by atoms with E-state index < -0.39 is 18.4 Å². The van der Waals surface area contributed by atoms with Crippen LogP contribution in [0.3, 0.4) is 0 Å². The minimum Gasteiger partial charge on any atom is -0.381 e. The lowest BCUT2D eigenvalue weighted by atomic mass is 10.0. The third-order valence-electron chi connectivity index (χ3n) is 6.71. The van der Waals surface area contributed by atoms with E-state index in [0.717, 1.165) is 44.0 Å². The predicted molar refractivity (Wildman–Crippen MR) is 127 cm³/mol. The molecule has 2 saturated heterocycles. The van der Waals surface area contributed by atoms with Gasteiger partial charge in [0.2, 0.25) is 11.8 Å². The van der Waals surface area contributed by atoms with Crippen LogP contribution in [-0.2, 0) is 33.9 Å². The normalized spacial score (nSPS) is 22.2. The molecule has 3 amide bonds. The first-order chi connectivity index (χ1) is 17.2. The summed E-state index contributed by atoms with van der Waals surface area (Å²) < 4.78 is 23.0. The van der Waals surface area contributed by atoms with Crippen molar-refractivity contribution in [2.75, 3.05) is 31.6 Å². The molecule has 0 bridgehead atoms. The van der Waals surface area contributed by atoms with Gasteiger partial charge in [-0.25, -0.2) is 0 Å². The molecule has 2 aromatic carbocycles. The van der Waals surface area contributed by atoms with Gasteiger partial charge in [-0.3, -0.25) is 24.6 Å². The van der Waals surface area contributed by atoms with Gasteiger partial charge in [0.05, 0.1) is 16.0 Å². The lowest BCUT2D eigenvalue weighted by molar-refractivity contribution is -0.136. The Balaban J connectivity index is 1.34. The van der Waals surface area contributed by atoms with E-state index in [1.165, 1.54) is 4.90 Å². The predicted octanol–water partition coefficient (Wildman–Crippen LogP) is 2.20. The highest BCUT2D eigenvalue weighted by Crippen LogP contribution is 2.32. The van der Waals surface area contributed by atoms with E-state index in [4.69, 9.17) is 7.48 Å². The second-order valence-corrected chi connectivity index (χ2v) is 9.02. The molecule has 0 aromatic heterocycles. The largest absolute Gasteiger partial charge is 0.381 e. The molecule has 0 aliphatic carbocycles. The second kappa shape index (κ2) is 9.56. The number of morpholine rings is 1. The SMILES string of the molecule is [2H]C([2H])(Nc1cccc2c1CN([C@H]1CCC(=O)NC1=O)C2=O)c1ccc(CN2CCOCC2)cc1C. The number of hydrogen-bond donors (Lipinski definition) is 2. The summed E-state index contributed by atoms with van der Waals surface area (Å²) >= 11 is 0. The fourth-order valence-electron chi connectivity index (χ4n) is 4.82. The van der Waals surface area contributed by atoms with E-state index in [-0.39, 0.29) is 31.2 Å². The third-order valence-corrected chi connectivity index (χ3v) is 6.71. The molecule has 0 spiro atoms. The summed E-state index contributed by atoms with van der Waals surface area (Å²) in [7, 11) is 0. The van der Waals surface area contributed by atoms with Gasteiger partial charge >= 0.3 is 0 Å². The number of piperidine rings is 1. The molecule has 178 valence electrons. The summed E-state index contributed by atoms with van der Waals surface area (Å²) in [6.45, 7) is 4.22. The summed E-state index contributed by atoms with van der Waals surface area (Å²) in [4.78, 5) is 40.8. The number of nitrogens with one attached hydrogen (secondary N) is 2. The number of carbonyl (C=O) groups is 3. The number of fused-ring (bicyclic) bond motifs is 1. The van der Waals surface area contributed by atoms with E-state index in [1.807, 2.05) is 25.1 Å². The highest BCUT2D eigenvalue weighted by molar-refractivity contribution is 6.06. The molecule has 8 heteroatoms. The maximum absolute atomic E-state index is 13.1. The molecule has 1 atom stereocenters. The van der Waals surface area contributed by atoms with Gasteiger partial charge in [0.25, 0.3) is 5.91 Å². The van der Waals surface area contributed by atoms with Gasteiger partial charge < -0.3 is 15.0 Å². The highest BCUT2D eigenvalue weighted by Gasteiger charge is 2.39. The van der Waals surface area contributed by atoms with E-state index >= 15 is 0 Å². The average molecular weight is 465 g/mol. The van der Waals surface area contributed by atoms with Gasteiger partial charge in [-0.15, -0.1) is 0 Å². The van der Waals surface area contributed by atoms with Crippen molar-refractivity contribution in [1.29, 1.82) is 0 Å². The van der Waals surface area contributed by atoms with Gasteiger partial charge in [0.15, 0.2) is 0 Å². The van der Waals surface area contributed by atoms with Crippen LogP contribution in [0.15, 0.2) is 36.4 Å². The van der Waals surface area contributed by atoms with Crippen LogP contribution in [0.25, 0.3) is 0 Å². The Morgan fingerprint density at radius 2 is 2.00 bits per heavy atom. The fourth-order valence-corrected chi connectivity index (χ4v) is 4.82. The molecule has 8 nitrogen and oxygen atoms in total. The van der Waals surface area contributed by atoms with Crippen molar-refractivity contribution in [2.24, 2.45) is 0 Å². The smallest absolute Gasteiger partial charge is 0.255 e. The maximum Gasteiger partial charge on any atom is 0.255 e. The zero-order valence-corrected chi connectivity index (χ0v) is 19.2. The first-order valence-electron chi connectivity index (χ1n) is 12.7. The number of amides is 3. The zero-order valence-electron chi connectivity index (χ0n) is 21.2. The van der Waals surface area contributed by atoms with Crippen molar-refractivity contribution in [1.82, 2.24) is 15.1 Å². The van der Waals surface area contributed by atoms with E-state index in [2.05, 4.69) is 15.5 Å². The summed E-state index contributed by atoms with van der Waals surface area (Å²) in [5.41, 5.74) is 4.09. The van der Waals surface area contributed by atoms with Crippen molar-refractivity contribution in [3.63, 3.8) is 0 Å². The number of anilines is 1. The molecule has 0 saturated carbocycles. The summed E-state index contributed by atoms with van der Waals surface area (Å²) in [5.74, 6) is -1.08. The number of imide groups is 1. The fraction of sp³-hybridized carbons (Fsp3) is 0.423. The molecule has 3 heterocycles. The monoisotopic (exact) mass is 464 g/mol.